The molecule has 0 radical (unpaired) electrons. The Labute approximate surface area is 278 Å². The monoisotopic (exact) mass is 660 g/mol. The van der Waals surface area contributed by atoms with Crippen molar-refractivity contribution in [3.8, 4) is 11.8 Å². The number of nitrogens with zero attached hydrogens (tertiary/aromatic N) is 2. The highest BCUT2D eigenvalue weighted by Gasteiger charge is 2.31. The van der Waals surface area contributed by atoms with Crippen LogP contribution in [0, 0.1) is 25.2 Å². The zero-order valence-electron chi connectivity index (χ0n) is 27.2. The predicted molar refractivity (Wildman–Crippen MR) is 178 cm³/mol. The smallest absolute Gasteiger partial charge is 0.263 e. The normalized spacial score (nSPS) is 13.4. The molecule has 0 fully saturated rings. The van der Waals surface area contributed by atoms with Crippen molar-refractivity contribution in [3.63, 3.8) is 0 Å². The molecule has 0 saturated carbocycles. The Bertz CT molecular complexity index is 1650. The lowest BCUT2D eigenvalue weighted by molar-refractivity contribution is -0.132. The first-order valence-electron chi connectivity index (χ1n) is 14.9. The van der Waals surface area contributed by atoms with E-state index in [1.807, 2.05) is 37.3 Å². The molecule has 3 atom stereocenters. The number of rotatable bonds is 13. The van der Waals surface area contributed by atoms with Crippen LogP contribution in [0.1, 0.15) is 59.1 Å². The van der Waals surface area contributed by atoms with Gasteiger partial charge in [-0.25, -0.2) is 4.98 Å². The van der Waals surface area contributed by atoms with Crippen LogP contribution in [0.25, 0.3) is 6.08 Å². The first-order valence-corrected chi connectivity index (χ1v) is 15.7. The molecular formula is C34H40N6O6S. The van der Waals surface area contributed by atoms with E-state index in [9.17, 15) is 29.5 Å². The van der Waals surface area contributed by atoms with Crippen LogP contribution in [0.2, 0.25) is 0 Å². The highest BCUT2D eigenvalue weighted by Crippen LogP contribution is 2.17. The molecule has 0 saturated heterocycles. The summed E-state index contributed by atoms with van der Waals surface area (Å²) in [5.41, 5.74) is 1.77. The van der Waals surface area contributed by atoms with E-state index >= 15 is 0 Å². The molecule has 1 heterocycles. The van der Waals surface area contributed by atoms with E-state index < -0.39 is 47.4 Å². The molecule has 0 aliphatic heterocycles. The molecule has 47 heavy (non-hydrogen) atoms. The van der Waals surface area contributed by atoms with Crippen molar-refractivity contribution in [1.82, 2.24) is 26.3 Å². The lowest BCUT2D eigenvalue weighted by Gasteiger charge is -2.24. The number of carbonyl (C=O) groups is 4. The molecule has 5 N–H and O–H groups in total. The van der Waals surface area contributed by atoms with Gasteiger partial charge in [0, 0.05) is 12.1 Å². The topological polar surface area (TPSA) is 183 Å². The number of hydrogen-bond acceptors (Lipinski definition) is 9. The molecule has 248 valence electrons. The Balaban J connectivity index is 1.79. The third-order valence-corrected chi connectivity index (χ3v) is 7.47. The van der Waals surface area contributed by atoms with Gasteiger partial charge in [-0.3, -0.25) is 19.2 Å². The molecule has 12 nitrogen and oxygen atoms in total. The standard InChI is InChI=1S/C34H40N6O6S/c1-20-10-12-23(13-11-20)17-37-31(43)27(38-33(45)29(21(2)41)39-32(44)28-18-36-22(3)47-28)19-46-26-9-7-8-24(15-26)14-25(16-35)30(42)40-34(4,5)6/h7-15,18,21,27,29,41H,17,19H2,1-6H3,(H,37,43)(H,38,45)(H,39,44)(H,40,42)/t21-,27+,29+/m1/s1. The minimum absolute atomic E-state index is 0.0996. The largest absolute Gasteiger partial charge is 0.491 e. The number of benzene rings is 2. The number of aliphatic hydroxyl groups excluding tert-OH is 1. The summed E-state index contributed by atoms with van der Waals surface area (Å²) in [5, 5.41) is 31.2. The zero-order chi connectivity index (χ0) is 34.7. The number of aliphatic hydroxyl groups is 1. The molecule has 0 spiro atoms. The number of carbonyl (C=O) groups excluding carboxylic acids is 4. The predicted octanol–water partition coefficient (Wildman–Crippen LogP) is 2.94. The number of nitriles is 1. The van der Waals surface area contributed by atoms with Crippen LogP contribution in [0.4, 0.5) is 0 Å². The van der Waals surface area contributed by atoms with Crippen LogP contribution in [-0.2, 0) is 20.9 Å². The van der Waals surface area contributed by atoms with Crippen LogP contribution in [0.15, 0.2) is 60.3 Å². The van der Waals surface area contributed by atoms with Crippen molar-refractivity contribution in [3.05, 3.63) is 86.9 Å². The van der Waals surface area contributed by atoms with Crippen LogP contribution in [0.3, 0.4) is 0 Å². The maximum atomic E-state index is 13.4. The van der Waals surface area contributed by atoms with Crippen molar-refractivity contribution in [2.75, 3.05) is 6.61 Å². The summed E-state index contributed by atoms with van der Waals surface area (Å²) in [6, 6.07) is 13.4. The van der Waals surface area contributed by atoms with Gasteiger partial charge < -0.3 is 31.1 Å². The summed E-state index contributed by atoms with van der Waals surface area (Å²) in [6.45, 7) is 10.3. The Morgan fingerprint density at radius 2 is 1.77 bits per heavy atom. The first-order chi connectivity index (χ1) is 22.1. The van der Waals surface area contributed by atoms with E-state index in [0.29, 0.717) is 16.3 Å². The number of ether oxygens (including phenoxy) is 1. The molecule has 0 bridgehead atoms. The third kappa shape index (κ3) is 11.7. The summed E-state index contributed by atoms with van der Waals surface area (Å²) in [7, 11) is 0. The van der Waals surface area contributed by atoms with Crippen LogP contribution >= 0.6 is 11.3 Å². The molecule has 0 aliphatic carbocycles. The Kier molecular flexibility index (Phi) is 12.8. The molecule has 3 rings (SSSR count). The van der Waals surface area contributed by atoms with Gasteiger partial charge in [0.1, 0.15) is 41.0 Å². The highest BCUT2D eigenvalue weighted by molar-refractivity contribution is 7.13. The fourth-order valence-corrected chi connectivity index (χ4v) is 4.82. The van der Waals surface area contributed by atoms with Gasteiger partial charge >= 0.3 is 0 Å². The molecule has 13 heteroatoms. The van der Waals surface area contributed by atoms with Crippen LogP contribution < -0.4 is 26.0 Å². The highest BCUT2D eigenvalue weighted by atomic mass is 32.1. The second-order valence-corrected chi connectivity index (χ2v) is 13.2. The van der Waals surface area contributed by atoms with Crippen molar-refractivity contribution < 1.29 is 29.0 Å². The Hall–Kier alpha value is -5.06. The average molecular weight is 661 g/mol. The third-order valence-electron chi connectivity index (χ3n) is 6.56. The number of thiazole rings is 1. The van der Waals surface area contributed by atoms with Gasteiger partial charge in [0.2, 0.25) is 11.8 Å². The van der Waals surface area contributed by atoms with E-state index in [-0.39, 0.29) is 23.6 Å². The molecule has 4 amide bonds. The minimum atomic E-state index is -1.38. The van der Waals surface area contributed by atoms with E-state index in [2.05, 4.69) is 26.3 Å². The number of nitrogens with one attached hydrogen (secondary N) is 4. The fraction of sp³-hybridized carbons (Fsp3) is 0.353. The van der Waals surface area contributed by atoms with E-state index in [1.54, 1.807) is 52.0 Å². The van der Waals surface area contributed by atoms with E-state index in [1.165, 1.54) is 19.2 Å². The lowest BCUT2D eigenvalue weighted by Crippen LogP contribution is -2.58. The van der Waals surface area contributed by atoms with Crippen LogP contribution in [0.5, 0.6) is 5.75 Å². The molecule has 2 aromatic carbocycles. The summed E-state index contributed by atoms with van der Waals surface area (Å²) >= 11 is 1.14. The fourth-order valence-electron chi connectivity index (χ4n) is 4.14. The lowest BCUT2D eigenvalue weighted by atomic mass is 10.1. The van der Waals surface area contributed by atoms with Gasteiger partial charge in [0.15, 0.2) is 0 Å². The maximum Gasteiger partial charge on any atom is 0.263 e. The number of aryl methyl sites for hydroxylation is 2. The second kappa shape index (κ2) is 16.5. The summed E-state index contributed by atoms with van der Waals surface area (Å²) in [5.74, 6) is -2.17. The molecular weight excluding hydrogens is 620 g/mol. The summed E-state index contributed by atoms with van der Waals surface area (Å²) < 4.78 is 5.90. The van der Waals surface area contributed by atoms with Gasteiger partial charge in [0.05, 0.1) is 17.3 Å². The van der Waals surface area contributed by atoms with Crippen molar-refractivity contribution in [1.29, 1.82) is 5.26 Å². The van der Waals surface area contributed by atoms with Crippen molar-refractivity contribution in [2.45, 2.75) is 71.8 Å². The minimum Gasteiger partial charge on any atom is -0.491 e. The maximum absolute atomic E-state index is 13.4. The summed E-state index contributed by atoms with van der Waals surface area (Å²) in [6.07, 6.45) is 1.50. The van der Waals surface area contributed by atoms with Gasteiger partial charge in [-0.2, -0.15) is 5.26 Å². The number of aromatic nitrogens is 1. The van der Waals surface area contributed by atoms with E-state index in [0.717, 1.165) is 22.5 Å². The summed E-state index contributed by atoms with van der Waals surface area (Å²) in [4.78, 5) is 56.3. The Morgan fingerprint density at radius 1 is 1.06 bits per heavy atom. The number of hydrogen-bond donors (Lipinski definition) is 5. The Morgan fingerprint density at radius 3 is 2.36 bits per heavy atom. The van der Waals surface area contributed by atoms with Crippen molar-refractivity contribution >= 4 is 41.0 Å². The van der Waals surface area contributed by atoms with E-state index in [4.69, 9.17) is 4.74 Å². The van der Waals surface area contributed by atoms with Gasteiger partial charge in [0.25, 0.3) is 11.8 Å². The quantitative estimate of drug-likeness (QED) is 0.137. The SMILES string of the molecule is Cc1ccc(CNC(=O)[C@H](COc2cccc(C=C(C#N)C(=O)NC(C)(C)C)c2)NC(=O)[C@@H](NC(=O)c2cnc(C)s2)[C@@H](C)O)cc1. The van der Waals surface area contributed by atoms with Gasteiger partial charge in [-0.15, -0.1) is 11.3 Å². The average Bonchev–Trinajstić information content (AvgIpc) is 3.45. The van der Waals surface area contributed by atoms with Gasteiger partial charge in [-0.1, -0.05) is 42.0 Å². The zero-order valence-corrected chi connectivity index (χ0v) is 28.0. The molecule has 0 unspecified atom stereocenters. The van der Waals surface area contributed by atoms with Gasteiger partial charge in [-0.05, 0) is 70.9 Å². The molecule has 1 aromatic heterocycles. The first kappa shape index (κ1) is 36.4. The van der Waals surface area contributed by atoms with Crippen molar-refractivity contribution in [2.24, 2.45) is 0 Å². The molecule has 0 aliphatic rings. The number of amides is 4. The second-order valence-electron chi connectivity index (χ2n) is 12.0. The molecule has 3 aromatic rings. The van der Waals surface area contributed by atoms with Crippen LogP contribution in [-0.4, -0.2) is 64.1 Å².